The summed E-state index contributed by atoms with van der Waals surface area (Å²) in [5.74, 6) is 0. The quantitative estimate of drug-likeness (QED) is 0.837. The fraction of sp³-hybridized carbons (Fsp3) is 0.571. The molecule has 0 bridgehead atoms. The molecule has 0 amide bonds. The van der Waals surface area contributed by atoms with E-state index in [0.29, 0.717) is 21.1 Å². The molecular formula is C14H20Cl2N2O. The fourth-order valence-electron chi connectivity index (χ4n) is 2.29. The van der Waals surface area contributed by atoms with Crippen molar-refractivity contribution >= 4 is 28.9 Å². The Morgan fingerprint density at radius 3 is 2.42 bits per heavy atom. The summed E-state index contributed by atoms with van der Waals surface area (Å²) >= 11 is 12.0. The second-order valence-electron chi connectivity index (χ2n) is 5.50. The number of benzene rings is 1. The first-order chi connectivity index (χ1) is 9.00. The van der Waals surface area contributed by atoms with Gasteiger partial charge in [-0.3, -0.25) is 0 Å². The van der Waals surface area contributed by atoms with E-state index in [-0.39, 0.29) is 0 Å². The van der Waals surface area contributed by atoms with Crippen LogP contribution in [0.2, 0.25) is 10.0 Å². The van der Waals surface area contributed by atoms with Crippen molar-refractivity contribution in [3.8, 4) is 0 Å². The molecule has 19 heavy (non-hydrogen) atoms. The largest absolute Gasteiger partial charge is 0.396 e. The van der Waals surface area contributed by atoms with Gasteiger partial charge in [0.05, 0.1) is 15.7 Å². The number of halogens is 2. The van der Waals surface area contributed by atoms with E-state index in [2.05, 4.69) is 12.2 Å². The van der Waals surface area contributed by atoms with Gasteiger partial charge in [-0.2, -0.15) is 0 Å². The van der Waals surface area contributed by atoms with Gasteiger partial charge in [0.1, 0.15) is 0 Å². The number of nitrogens with one attached hydrogen (secondary N) is 1. The Kier molecular flexibility index (Phi) is 4.96. The van der Waals surface area contributed by atoms with Crippen LogP contribution in [0.15, 0.2) is 12.1 Å². The first kappa shape index (κ1) is 14.9. The minimum absolute atomic E-state index is 0.319. The molecule has 0 aromatic heterocycles. The lowest BCUT2D eigenvalue weighted by Crippen LogP contribution is -2.36. The van der Waals surface area contributed by atoms with Crippen LogP contribution >= 0.6 is 23.2 Å². The van der Waals surface area contributed by atoms with E-state index in [0.717, 1.165) is 44.7 Å². The first-order valence-corrected chi connectivity index (χ1v) is 7.28. The van der Waals surface area contributed by atoms with E-state index in [9.17, 15) is 0 Å². The molecule has 1 saturated heterocycles. The molecule has 0 radical (unpaired) electrons. The average molecular weight is 303 g/mol. The summed E-state index contributed by atoms with van der Waals surface area (Å²) in [4.78, 5) is 0. The van der Waals surface area contributed by atoms with Gasteiger partial charge in [-0.15, -0.1) is 0 Å². The topological polar surface area (TPSA) is 47.3 Å². The summed E-state index contributed by atoms with van der Waals surface area (Å²) in [5.41, 5.74) is 7.54. The number of hydrogen-bond donors (Lipinski definition) is 2. The lowest BCUT2D eigenvalue weighted by atomic mass is 9.82. The standard InChI is InChI=1S/C14H20Cl2N2O/c1-14(2-4-19-5-3-14)9-18-8-10-6-11(15)13(17)12(16)7-10/h6-7,18H,2-5,8-9,17H2,1H3. The Morgan fingerprint density at radius 1 is 1.26 bits per heavy atom. The van der Waals surface area contributed by atoms with Gasteiger partial charge in [-0.25, -0.2) is 0 Å². The second-order valence-corrected chi connectivity index (χ2v) is 6.31. The van der Waals surface area contributed by atoms with Crippen LogP contribution in [-0.4, -0.2) is 19.8 Å². The Labute approximate surface area is 124 Å². The van der Waals surface area contributed by atoms with Gasteiger partial charge < -0.3 is 15.8 Å². The maximum absolute atomic E-state index is 6.02. The molecule has 5 heteroatoms. The Hall–Kier alpha value is -0.480. The number of nitrogens with two attached hydrogens (primary N) is 1. The van der Waals surface area contributed by atoms with Gasteiger partial charge >= 0.3 is 0 Å². The minimum Gasteiger partial charge on any atom is -0.396 e. The molecule has 0 saturated carbocycles. The van der Waals surface area contributed by atoms with Gasteiger partial charge in [0.2, 0.25) is 0 Å². The molecule has 3 N–H and O–H groups in total. The lowest BCUT2D eigenvalue weighted by molar-refractivity contribution is 0.0240. The van der Waals surface area contributed by atoms with Crippen LogP contribution in [0.1, 0.15) is 25.3 Å². The van der Waals surface area contributed by atoms with Crippen molar-refractivity contribution in [3.63, 3.8) is 0 Å². The van der Waals surface area contributed by atoms with Gasteiger partial charge in [0.15, 0.2) is 0 Å². The maximum atomic E-state index is 6.02. The van der Waals surface area contributed by atoms with Crippen molar-refractivity contribution in [2.45, 2.75) is 26.3 Å². The van der Waals surface area contributed by atoms with Crippen LogP contribution in [0.25, 0.3) is 0 Å². The molecule has 0 aliphatic carbocycles. The van der Waals surface area contributed by atoms with E-state index in [1.165, 1.54) is 0 Å². The molecule has 1 aliphatic heterocycles. The van der Waals surface area contributed by atoms with E-state index in [4.69, 9.17) is 33.7 Å². The molecular weight excluding hydrogens is 283 g/mol. The van der Waals surface area contributed by atoms with E-state index >= 15 is 0 Å². The fourth-order valence-corrected chi connectivity index (χ4v) is 2.82. The van der Waals surface area contributed by atoms with Crippen LogP contribution in [0.4, 0.5) is 5.69 Å². The molecule has 1 aromatic carbocycles. The molecule has 0 unspecified atom stereocenters. The molecule has 1 aromatic rings. The molecule has 2 rings (SSSR count). The highest BCUT2D eigenvalue weighted by molar-refractivity contribution is 6.38. The van der Waals surface area contributed by atoms with Crippen LogP contribution in [0.5, 0.6) is 0 Å². The zero-order valence-corrected chi connectivity index (χ0v) is 12.7. The van der Waals surface area contributed by atoms with Gasteiger partial charge in [0, 0.05) is 26.3 Å². The van der Waals surface area contributed by atoms with Crippen molar-refractivity contribution < 1.29 is 4.74 Å². The summed E-state index contributed by atoms with van der Waals surface area (Å²) in [6.45, 7) is 5.73. The van der Waals surface area contributed by atoms with Crippen LogP contribution in [0, 0.1) is 5.41 Å². The number of nitrogen functional groups attached to an aromatic ring is 1. The highest BCUT2D eigenvalue weighted by Gasteiger charge is 2.26. The van der Waals surface area contributed by atoms with Crippen molar-refractivity contribution in [1.82, 2.24) is 5.32 Å². The smallest absolute Gasteiger partial charge is 0.0693 e. The number of ether oxygens (including phenoxy) is 1. The number of anilines is 1. The number of rotatable bonds is 4. The van der Waals surface area contributed by atoms with Crippen LogP contribution < -0.4 is 11.1 Å². The molecule has 106 valence electrons. The van der Waals surface area contributed by atoms with Crippen molar-refractivity contribution in [3.05, 3.63) is 27.7 Å². The predicted octanol–water partition coefficient (Wildman–Crippen LogP) is 3.48. The molecule has 0 spiro atoms. The van der Waals surface area contributed by atoms with Crippen LogP contribution in [-0.2, 0) is 11.3 Å². The minimum atomic E-state index is 0.319. The number of hydrogen-bond acceptors (Lipinski definition) is 3. The summed E-state index contributed by atoms with van der Waals surface area (Å²) in [6.07, 6.45) is 2.20. The molecule has 1 heterocycles. The summed E-state index contributed by atoms with van der Waals surface area (Å²) < 4.78 is 5.40. The summed E-state index contributed by atoms with van der Waals surface area (Å²) in [7, 11) is 0. The Bertz CT molecular complexity index is 422. The van der Waals surface area contributed by atoms with Crippen molar-refractivity contribution in [2.75, 3.05) is 25.5 Å². The Balaban J connectivity index is 1.89. The third kappa shape index (κ3) is 3.99. The highest BCUT2D eigenvalue weighted by atomic mass is 35.5. The molecule has 0 atom stereocenters. The molecule has 1 aliphatic rings. The van der Waals surface area contributed by atoms with Gasteiger partial charge in [0.25, 0.3) is 0 Å². The normalized spacial score (nSPS) is 18.5. The molecule has 1 fully saturated rings. The highest BCUT2D eigenvalue weighted by Crippen LogP contribution is 2.30. The van der Waals surface area contributed by atoms with Crippen molar-refractivity contribution in [1.29, 1.82) is 0 Å². The summed E-state index contributed by atoms with van der Waals surface area (Å²) in [6, 6.07) is 3.73. The third-order valence-electron chi connectivity index (χ3n) is 3.72. The predicted molar refractivity (Wildman–Crippen MR) is 80.7 cm³/mol. The maximum Gasteiger partial charge on any atom is 0.0693 e. The van der Waals surface area contributed by atoms with Crippen LogP contribution in [0.3, 0.4) is 0 Å². The van der Waals surface area contributed by atoms with Gasteiger partial charge in [-0.05, 0) is 36.0 Å². The van der Waals surface area contributed by atoms with E-state index in [1.807, 2.05) is 12.1 Å². The Morgan fingerprint density at radius 2 is 1.84 bits per heavy atom. The van der Waals surface area contributed by atoms with Crippen molar-refractivity contribution in [2.24, 2.45) is 5.41 Å². The summed E-state index contributed by atoms with van der Waals surface area (Å²) in [5, 5.41) is 4.50. The van der Waals surface area contributed by atoms with E-state index in [1.54, 1.807) is 0 Å². The SMILES string of the molecule is CC1(CNCc2cc(Cl)c(N)c(Cl)c2)CCOCC1. The zero-order chi connectivity index (χ0) is 13.9. The second kappa shape index (κ2) is 6.31. The van der Waals surface area contributed by atoms with Gasteiger partial charge in [-0.1, -0.05) is 30.1 Å². The zero-order valence-electron chi connectivity index (χ0n) is 11.1. The monoisotopic (exact) mass is 302 g/mol. The van der Waals surface area contributed by atoms with E-state index < -0.39 is 0 Å². The lowest BCUT2D eigenvalue weighted by Gasteiger charge is -2.33. The average Bonchev–Trinajstić information content (AvgIpc) is 2.36. The molecule has 3 nitrogen and oxygen atoms in total. The first-order valence-electron chi connectivity index (χ1n) is 6.52. The third-order valence-corrected chi connectivity index (χ3v) is 4.35.